The molecule has 2 amide bonds. The molecule has 1 N–H and O–H groups in total. The van der Waals surface area contributed by atoms with Gasteiger partial charge in [0.1, 0.15) is 0 Å². The van der Waals surface area contributed by atoms with Gasteiger partial charge in [-0.1, -0.05) is 0 Å². The average Bonchev–Trinajstić information content (AvgIpc) is 2.60. The highest BCUT2D eigenvalue weighted by molar-refractivity contribution is 5.94. The molecule has 0 aromatic heterocycles. The quantitative estimate of drug-likeness (QED) is 0.820. The summed E-state index contributed by atoms with van der Waals surface area (Å²) >= 11 is 0. The minimum absolute atomic E-state index is 0.0375. The Hall–Kier alpha value is -2.41. The third-order valence-corrected chi connectivity index (χ3v) is 3.52. The first-order valence-corrected chi connectivity index (χ1v) is 7.44. The van der Waals surface area contributed by atoms with Crippen LogP contribution in [0.2, 0.25) is 0 Å². The molecule has 0 spiro atoms. The van der Waals surface area contributed by atoms with Crippen molar-refractivity contribution in [3.63, 3.8) is 0 Å². The number of ether oxygens (including phenoxy) is 2. The van der Waals surface area contributed by atoms with E-state index in [9.17, 15) is 14.4 Å². The highest BCUT2D eigenvalue weighted by atomic mass is 16.5. The second-order valence-electron chi connectivity index (χ2n) is 5.11. The summed E-state index contributed by atoms with van der Waals surface area (Å²) in [7, 11) is 1.31. The van der Waals surface area contributed by atoms with Crippen LogP contribution in [0.3, 0.4) is 0 Å². The Kier molecular flexibility index (Phi) is 6.10. The maximum absolute atomic E-state index is 11.9. The van der Waals surface area contributed by atoms with Crippen LogP contribution in [0.25, 0.3) is 0 Å². The predicted octanol–water partition coefficient (Wildman–Crippen LogP) is 1.05. The monoisotopic (exact) mass is 320 g/mol. The molecule has 0 unspecified atom stereocenters. The number of hydrogen-bond acceptors (Lipinski definition) is 5. The van der Waals surface area contributed by atoms with Gasteiger partial charge < -0.3 is 19.7 Å². The molecule has 124 valence electrons. The number of amides is 2. The first kappa shape index (κ1) is 17.0. The van der Waals surface area contributed by atoms with Gasteiger partial charge in [-0.3, -0.25) is 9.59 Å². The van der Waals surface area contributed by atoms with E-state index in [0.717, 1.165) is 0 Å². The molecule has 0 radical (unpaired) electrons. The number of hydrogen-bond donors (Lipinski definition) is 1. The number of esters is 1. The van der Waals surface area contributed by atoms with Crippen LogP contribution in [0, 0.1) is 0 Å². The van der Waals surface area contributed by atoms with Crippen LogP contribution in [-0.2, 0) is 19.1 Å². The molecule has 1 heterocycles. The maximum atomic E-state index is 11.9. The number of benzene rings is 1. The van der Waals surface area contributed by atoms with Gasteiger partial charge in [-0.2, -0.15) is 0 Å². The SMILES string of the molecule is COC(=O)c1ccc(NC(=O)CCC(=O)N2CCOCC2)cc1. The van der Waals surface area contributed by atoms with Gasteiger partial charge in [0.05, 0.1) is 25.9 Å². The average molecular weight is 320 g/mol. The molecule has 0 bridgehead atoms. The lowest BCUT2D eigenvalue weighted by Gasteiger charge is -2.26. The first-order valence-electron chi connectivity index (χ1n) is 7.44. The van der Waals surface area contributed by atoms with Gasteiger partial charge in [-0.25, -0.2) is 4.79 Å². The van der Waals surface area contributed by atoms with E-state index < -0.39 is 5.97 Å². The van der Waals surface area contributed by atoms with Gasteiger partial charge >= 0.3 is 5.97 Å². The molecule has 1 saturated heterocycles. The van der Waals surface area contributed by atoms with Gasteiger partial charge in [0.2, 0.25) is 11.8 Å². The van der Waals surface area contributed by atoms with Crippen molar-refractivity contribution in [1.29, 1.82) is 0 Å². The molecule has 7 heteroatoms. The van der Waals surface area contributed by atoms with E-state index >= 15 is 0 Å². The van der Waals surface area contributed by atoms with Crippen molar-refractivity contribution < 1.29 is 23.9 Å². The normalized spacial score (nSPS) is 14.2. The Labute approximate surface area is 134 Å². The zero-order valence-corrected chi connectivity index (χ0v) is 13.0. The molecule has 2 rings (SSSR count). The van der Waals surface area contributed by atoms with Gasteiger partial charge in [0.15, 0.2) is 0 Å². The van der Waals surface area contributed by atoms with Crippen molar-refractivity contribution in [3.05, 3.63) is 29.8 Å². The fourth-order valence-electron chi connectivity index (χ4n) is 2.22. The Morgan fingerprint density at radius 3 is 2.39 bits per heavy atom. The van der Waals surface area contributed by atoms with Crippen molar-refractivity contribution in [2.45, 2.75) is 12.8 Å². The number of carbonyl (C=O) groups excluding carboxylic acids is 3. The van der Waals surface area contributed by atoms with Gasteiger partial charge in [0.25, 0.3) is 0 Å². The summed E-state index contributed by atoms with van der Waals surface area (Å²) in [5, 5.41) is 2.70. The van der Waals surface area contributed by atoms with Gasteiger partial charge in [-0.05, 0) is 24.3 Å². The summed E-state index contributed by atoms with van der Waals surface area (Å²) in [5.41, 5.74) is 0.981. The molecule has 1 aliphatic rings. The molecule has 0 aliphatic carbocycles. The van der Waals surface area contributed by atoms with Crippen LogP contribution in [0.4, 0.5) is 5.69 Å². The standard InChI is InChI=1S/C16H20N2O5/c1-22-16(21)12-2-4-13(5-3-12)17-14(19)6-7-15(20)18-8-10-23-11-9-18/h2-5H,6-11H2,1H3,(H,17,19). The van der Waals surface area contributed by atoms with Crippen LogP contribution in [0.5, 0.6) is 0 Å². The maximum Gasteiger partial charge on any atom is 0.337 e. The fourth-order valence-corrected chi connectivity index (χ4v) is 2.22. The fraction of sp³-hybridized carbons (Fsp3) is 0.438. The topological polar surface area (TPSA) is 84.9 Å². The van der Waals surface area contributed by atoms with Crippen LogP contribution in [0.15, 0.2) is 24.3 Å². The second-order valence-corrected chi connectivity index (χ2v) is 5.11. The van der Waals surface area contributed by atoms with E-state index in [-0.39, 0.29) is 24.7 Å². The van der Waals surface area contributed by atoms with Crippen LogP contribution >= 0.6 is 0 Å². The molecular weight excluding hydrogens is 300 g/mol. The molecule has 23 heavy (non-hydrogen) atoms. The van der Waals surface area contributed by atoms with Gasteiger partial charge in [0, 0.05) is 31.6 Å². The summed E-state index contributed by atoms with van der Waals surface area (Å²) in [6, 6.07) is 6.38. The smallest absolute Gasteiger partial charge is 0.337 e. The largest absolute Gasteiger partial charge is 0.465 e. The summed E-state index contributed by atoms with van der Waals surface area (Å²) in [6.07, 6.45) is 0.293. The van der Waals surface area contributed by atoms with E-state index in [1.807, 2.05) is 0 Å². The molecule has 1 aromatic rings. The summed E-state index contributed by atoms with van der Waals surface area (Å²) in [6.45, 7) is 2.25. The zero-order chi connectivity index (χ0) is 16.7. The minimum Gasteiger partial charge on any atom is -0.465 e. The third-order valence-electron chi connectivity index (χ3n) is 3.52. The molecule has 1 aliphatic heterocycles. The van der Waals surface area contributed by atoms with Crippen LogP contribution < -0.4 is 5.32 Å². The predicted molar refractivity (Wildman–Crippen MR) is 83.0 cm³/mol. The number of nitrogens with one attached hydrogen (secondary N) is 1. The van der Waals surface area contributed by atoms with Crippen molar-refractivity contribution >= 4 is 23.5 Å². The molecule has 7 nitrogen and oxygen atoms in total. The number of anilines is 1. The highest BCUT2D eigenvalue weighted by Gasteiger charge is 2.17. The van der Waals surface area contributed by atoms with Crippen molar-refractivity contribution in [1.82, 2.24) is 4.90 Å². The molecule has 1 aromatic carbocycles. The van der Waals surface area contributed by atoms with Crippen molar-refractivity contribution in [2.24, 2.45) is 0 Å². The van der Waals surface area contributed by atoms with E-state index in [1.54, 1.807) is 29.2 Å². The molecule has 0 saturated carbocycles. The van der Waals surface area contributed by atoms with E-state index in [4.69, 9.17) is 4.74 Å². The van der Waals surface area contributed by atoms with Crippen LogP contribution in [0.1, 0.15) is 23.2 Å². The second kappa shape index (κ2) is 8.28. The summed E-state index contributed by atoms with van der Waals surface area (Å²) in [4.78, 5) is 36.8. The summed E-state index contributed by atoms with van der Waals surface area (Å²) < 4.78 is 9.79. The zero-order valence-electron chi connectivity index (χ0n) is 13.0. The first-order chi connectivity index (χ1) is 11.1. The number of methoxy groups -OCH3 is 1. The Morgan fingerprint density at radius 1 is 1.13 bits per heavy atom. The highest BCUT2D eigenvalue weighted by Crippen LogP contribution is 2.11. The third kappa shape index (κ3) is 5.07. The minimum atomic E-state index is -0.431. The lowest BCUT2D eigenvalue weighted by molar-refractivity contribution is -0.136. The Bertz CT molecular complexity index is 564. The van der Waals surface area contributed by atoms with Crippen molar-refractivity contribution in [3.8, 4) is 0 Å². The Balaban J connectivity index is 1.78. The Morgan fingerprint density at radius 2 is 1.78 bits per heavy atom. The molecule has 1 fully saturated rings. The number of morpholine rings is 1. The number of rotatable bonds is 5. The van der Waals surface area contributed by atoms with Gasteiger partial charge in [-0.15, -0.1) is 0 Å². The van der Waals surface area contributed by atoms with E-state index in [2.05, 4.69) is 10.1 Å². The lowest BCUT2D eigenvalue weighted by Crippen LogP contribution is -2.40. The molecular formula is C16H20N2O5. The summed E-state index contributed by atoms with van der Waals surface area (Å²) in [5.74, 6) is -0.707. The number of carbonyl (C=O) groups is 3. The molecule has 0 atom stereocenters. The van der Waals surface area contributed by atoms with E-state index in [0.29, 0.717) is 37.6 Å². The number of nitrogens with zero attached hydrogens (tertiary/aromatic N) is 1. The van der Waals surface area contributed by atoms with Crippen LogP contribution in [-0.4, -0.2) is 56.1 Å². The van der Waals surface area contributed by atoms with Crippen molar-refractivity contribution in [2.75, 3.05) is 38.7 Å². The van der Waals surface area contributed by atoms with E-state index in [1.165, 1.54) is 7.11 Å². The lowest BCUT2D eigenvalue weighted by atomic mass is 10.2.